The molecule has 2 N–H and O–H groups in total. The summed E-state index contributed by atoms with van der Waals surface area (Å²) in [7, 11) is 0. The van der Waals surface area contributed by atoms with Gasteiger partial charge in [-0.15, -0.1) is 24.8 Å². The number of nitrogens with one attached hydrogen (secondary N) is 1. The maximum absolute atomic E-state index is 13.3. The van der Waals surface area contributed by atoms with Crippen molar-refractivity contribution in [3.63, 3.8) is 0 Å². The van der Waals surface area contributed by atoms with E-state index < -0.39 is 6.10 Å². The molecule has 0 spiro atoms. The molecule has 10 heteroatoms. The van der Waals surface area contributed by atoms with Gasteiger partial charge in [0.2, 0.25) is 0 Å². The SMILES string of the molecule is Cc1ccc(-n2c(-c3ccccc3)nc(C(=O)NCC(O)CN3CCN(c4cccc(Cl)c4C)CC3)c2C)cc1.Cl.Cl. The fourth-order valence-electron chi connectivity index (χ4n) is 5.27. The first kappa shape index (κ1) is 33.4. The Balaban J connectivity index is 0.00000242. The van der Waals surface area contributed by atoms with Gasteiger partial charge in [0.25, 0.3) is 5.91 Å². The Hall–Kier alpha value is -3.07. The van der Waals surface area contributed by atoms with E-state index in [1.807, 2.05) is 79.9 Å². The van der Waals surface area contributed by atoms with Gasteiger partial charge >= 0.3 is 0 Å². The van der Waals surface area contributed by atoms with Crippen LogP contribution in [-0.4, -0.2) is 70.8 Å². The lowest BCUT2D eigenvalue weighted by Crippen LogP contribution is -2.50. The Morgan fingerprint density at radius 3 is 2.26 bits per heavy atom. The molecule has 1 atom stereocenters. The number of hydrogen-bond donors (Lipinski definition) is 2. The number of aromatic nitrogens is 2. The van der Waals surface area contributed by atoms with Crippen molar-refractivity contribution < 1.29 is 9.90 Å². The molecule has 5 rings (SSSR count). The number of carbonyl (C=O) groups is 1. The van der Waals surface area contributed by atoms with Gasteiger partial charge in [0.15, 0.2) is 0 Å². The van der Waals surface area contributed by atoms with Gasteiger partial charge in [0.1, 0.15) is 11.5 Å². The predicted molar refractivity (Wildman–Crippen MR) is 176 cm³/mol. The molecule has 42 heavy (non-hydrogen) atoms. The molecule has 1 unspecified atom stereocenters. The summed E-state index contributed by atoms with van der Waals surface area (Å²) < 4.78 is 2.02. The van der Waals surface area contributed by atoms with Crippen LogP contribution in [0, 0.1) is 20.8 Å². The number of nitrogens with zero attached hydrogens (tertiary/aromatic N) is 4. The van der Waals surface area contributed by atoms with Crippen molar-refractivity contribution in [2.24, 2.45) is 0 Å². The Morgan fingerprint density at radius 2 is 1.60 bits per heavy atom. The van der Waals surface area contributed by atoms with Crippen LogP contribution in [0.1, 0.15) is 27.3 Å². The summed E-state index contributed by atoms with van der Waals surface area (Å²) in [6, 6.07) is 24.0. The first-order valence-electron chi connectivity index (χ1n) is 13.7. The van der Waals surface area contributed by atoms with Crippen LogP contribution in [0.15, 0.2) is 72.8 Å². The number of benzene rings is 3. The van der Waals surface area contributed by atoms with Crippen LogP contribution in [0.3, 0.4) is 0 Å². The molecule has 4 aromatic rings. The van der Waals surface area contributed by atoms with Crippen LogP contribution in [0.4, 0.5) is 5.69 Å². The third-order valence-corrected chi connectivity index (χ3v) is 7.98. The van der Waals surface area contributed by atoms with Gasteiger partial charge in [0.05, 0.1) is 11.8 Å². The average molecular weight is 631 g/mol. The van der Waals surface area contributed by atoms with Crippen LogP contribution in [0.25, 0.3) is 17.1 Å². The molecule has 1 aromatic heterocycles. The number of amides is 1. The highest BCUT2D eigenvalue weighted by molar-refractivity contribution is 6.31. The third-order valence-electron chi connectivity index (χ3n) is 7.57. The van der Waals surface area contributed by atoms with Crippen molar-refractivity contribution in [2.75, 3.05) is 44.2 Å². The molecule has 224 valence electrons. The predicted octanol–water partition coefficient (Wildman–Crippen LogP) is 5.87. The fourth-order valence-corrected chi connectivity index (χ4v) is 5.44. The zero-order valence-electron chi connectivity index (χ0n) is 24.1. The van der Waals surface area contributed by atoms with Crippen molar-refractivity contribution in [1.82, 2.24) is 19.8 Å². The van der Waals surface area contributed by atoms with E-state index in [2.05, 4.69) is 33.3 Å². The van der Waals surface area contributed by atoms with Gasteiger partial charge in [-0.1, -0.05) is 65.7 Å². The van der Waals surface area contributed by atoms with Crippen molar-refractivity contribution >= 4 is 48.0 Å². The highest BCUT2D eigenvalue weighted by Crippen LogP contribution is 2.28. The average Bonchev–Trinajstić information content (AvgIpc) is 3.31. The lowest BCUT2D eigenvalue weighted by molar-refractivity contribution is 0.0847. The summed E-state index contributed by atoms with van der Waals surface area (Å²) in [5, 5.41) is 14.5. The number of aliphatic hydroxyl groups is 1. The second-order valence-corrected chi connectivity index (χ2v) is 10.8. The molecule has 1 fully saturated rings. The molecule has 0 aliphatic carbocycles. The van der Waals surface area contributed by atoms with E-state index in [0.29, 0.717) is 18.1 Å². The standard InChI is InChI=1S/C32H36ClN5O2.2ClH/c1-22-12-14-26(15-13-22)38-24(3)30(35-31(38)25-8-5-4-6-9-25)32(40)34-20-27(39)21-36-16-18-37(19-17-36)29-11-7-10-28(33)23(29)2;;/h4-15,27,39H,16-21H2,1-3H3,(H,34,40);2*1H. The van der Waals surface area contributed by atoms with E-state index in [4.69, 9.17) is 16.6 Å². The molecule has 2 heterocycles. The molecule has 0 radical (unpaired) electrons. The second kappa shape index (κ2) is 14.9. The summed E-state index contributed by atoms with van der Waals surface area (Å²) in [6.07, 6.45) is -0.684. The Bertz CT molecular complexity index is 1470. The zero-order valence-corrected chi connectivity index (χ0v) is 26.5. The van der Waals surface area contributed by atoms with E-state index in [0.717, 1.165) is 65.0 Å². The summed E-state index contributed by atoms with van der Waals surface area (Å²) in [4.78, 5) is 22.6. The molecule has 7 nitrogen and oxygen atoms in total. The Morgan fingerprint density at radius 1 is 0.929 bits per heavy atom. The lowest BCUT2D eigenvalue weighted by Gasteiger charge is -2.37. The van der Waals surface area contributed by atoms with E-state index in [9.17, 15) is 9.90 Å². The van der Waals surface area contributed by atoms with Gasteiger partial charge < -0.3 is 15.3 Å². The second-order valence-electron chi connectivity index (χ2n) is 10.4. The largest absolute Gasteiger partial charge is 0.390 e. The van der Waals surface area contributed by atoms with Crippen molar-refractivity contribution in [1.29, 1.82) is 0 Å². The minimum atomic E-state index is -0.684. The first-order chi connectivity index (χ1) is 19.3. The molecule has 3 aromatic carbocycles. The molecule has 0 saturated carbocycles. The van der Waals surface area contributed by atoms with Crippen LogP contribution in [0.2, 0.25) is 5.02 Å². The number of anilines is 1. The van der Waals surface area contributed by atoms with Gasteiger partial charge in [-0.3, -0.25) is 14.3 Å². The highest BCUT2D eigenvalue weighted by atomic mass is 35.5. The third kappa shape index (κ3) is 7.46. The van der Waals surface area contributed by atoms with Crippen LogP contribution < -0.4 is 10.2 Å². The smallest absolute Gasteiger partial charge is 0.271 e. The lowest BCUT2D eigenvalue weighted by atomic mass is 10.1. The topological polar surface area (TPSA) is 73.6 Å². The van der Waals surface area contributed by atoms with Crippen molar-refractivity contribution in [3.05, 3.63) is 100 Å². The van der Waals surface area contributed by atoms with E-state index >= 15 is 0 Å². The Kier molecular flexibility index (Phi) is 11.9. The summed E-state index contributed by atoms with van der Waals surface area (Å²) in [5.74, 6) is 0.418. The maximum atomic E-state index is 13.3. The van der Waals surface area contributed by atoms with E-state index in [1.54, 1.807) is 0 Å². The zero-order chi connectivity index (χ0) is 28.2. The summed E-state index contributed by atoms with van der Waals surface area (Å²) >= 11 is 6.31. The molecule has 1 aliphatic heterocycles. The number of aliphatic hydroxyl groups excluding tert-OH is 1. The number of hydrogen-bond acceptors (Lipinski definition) is 5. The Labute approximate surface area is 265 Å². The molecule has 1 saturated heterocycles. The van der Waals surface area contributed by atoms with Gasteiger partial charge in [-0.05, 0) is 50.6 Å². The minimum absolute atomic E-state index is 0. The quantitative estimate of drug-likeness (QED) is 0.255. The van der Waals surface area contributed by atoms with E-state index in [-0.39, 0.29) is 37.3 Å². The minimum Gasteiger partial charge on any atom is -0.390 e. The highest BCUT2D eigenvalue weighted by Gasteiger charge is 2.24. The first-order valence-corrected chi connectivity index (χ1v) is 14.1. The monoisotopic (exact) mass is 629 g/mol. The summed E-state index contributed by atoms with van der Waals surface area (Å²) in [5.41, 5.74) is 6.40. The molecular formula is C32H38Cl3N5O2. The van der Waals surface area contributed by atoms with Gasteiger partial charge in [0, 0.05) is 61.2 Å². The number of β-amino-alcohol motifs (C(OH)–C–C–N with tert-alkyl or cyclic N) is 1. The maximum Gasteiger partial charge on any atom is 0.271 e. The van der Waals surface area contributed by atoms with Crippen LogP contribution in [-0.2, 0) is 0 Å². The normalized spacial score (nSPS) is 14.1. The van der Waals surface area contributed by atoms with E-state index in [1.165, 1.54) is 0 Å². The van der Waals surface area contributed by atoms with Crippen molar-refractivity contribution in [3.8, 4) is 17.1 Å². The number of aryl methyl sites for hydroxylation is 1. The molecule has 1 amide bonds. The molecule has 1 aliphatic rings. The van der Waals surface area contributed by atoms with Gasteiger partial charge in [-0.2, -0.15) is 0 Å². The summed E-state index contributed by atoms with van der Waals surface area (Å²) in [6.45, 7) is 10.0. The number of carbonyl (C=O) groups excluding carboxylic acids is 1. The number of imidazole rings is 1. The number of piperazine rings is 1. The number of rotatable bonds is 8. The van der Waals surface area contributed by atoms with Crippen LogP contribution >= 0.6 is 36.4 Å². The molecule has 0 bridgehead atoms. The fraction of sp³-hybridized carbons (Fsp3) is 0.312. The number of halogens is 3. The van der Waals surface area contributed by atoms with Crippen molar-refractivity contribution in [2.45, 2.75) is 26.9 Å². The van der Waals surface area contributed by atoms with Crippen LogP contribution in [0.5, 0.6) is 0 Å². The van der Waals surface area contributed by atoms with Gasteiger partial charge in [-0.25, -0.2) is 4.98 Å². The molecular weight excluding hydrogens is 593 g/mol.